The van der Waals surface area contributed by atoms with E-state index in [0.717, 1.165) is 11.1 Å². The highest BCUT2D eigenvalue weighted by Crippen LogP contribution is 2.16. The van der Waals surface area contributed by atoms with Gasteiger partial charge < -0.3 is 0 Å². The van der Waals surface area contributed by atoms with Crippen molar-refractivity contribution in [3.05, 3.63) is 97.2 Å². The van der Waals surface area contributed by atoms with Gasteiger partial charge in [0.1, 0.15) is 0 Å². The summed E-state index contributed by atoms with van der Waals surface area (Å²) in [6.07, 6.45) is 79.7. The topological polar surface area (TPSA) is 0 Å². The van der Waals surface area contributed by atoms with Crippen molar-refractivity contribution in [1.82, 2.24) is 0 Å². The van der Waals surface area contributed by atoms with Crippen molar-refractivity contribution in [2.75, 3.05) is 0 Å². The summed E-state index contributed by atoms with van der Waals surface area (Å²) in [6, 6.07) is 8.02. The van der Waals surface area contributed by atoms with Crippen LogP contribution in [-0.4, -0.2) is 0 Å². The van der Waals surface area contributed by atoms with Crippen LogP contribution in [0.25, 0.3) is 12.2 Å². The van der Waals surface area contributed by atoms with Gasteiger partial charge in [0.15, 0.2) is 0 Å². The molecule has 0 aliphatic heterocycles. The van der Waals surface area contributed by atoms with Crippen molar-refractivity contribution in [2.45, 2.75) is 257 Å². The molecule has 1 aromatic rings. The molecule has 0 unspecified atom stereocenters. The van der Waals surface area contributed by atoms with Crippen molar-refractivity contribution in [2.24, 2.45) is 0 Å². The van der Waals surface area contributed by atoms with Crippen molar-refractivity contribution < 1.29 is 0 Å². The van der Waals surface area contributed by atoms with Gasteiger partial charge in [-0.05, 0) is 114 Å². The molecule has 0 saturated carbocycles. The molecule has 0 radical (unpaired) electrons. The lowest BCUT2D eigenvalue weighted by molar-refractivity contribution is 0.566. The van der Waals surface area contributed by atoms with Crippen LogP contribution in [0.3, 0.4) is 0 Å². The third-order valence-corrected chi connectivity index (χ3v) is 12.1. The van der Waals surface area contributed by atoms with Gasteiger partial charge in [-0.1, -0.05) is 252 Å². The summed E-state index contributed by atoms with van der Waals surface area (Å²) in [5.41, 5.74) is 2.27. The van der Waals surface area contributed by atoms with Gasteiger partial charge in [-0.2, -0.15) is 0 Å². The fourth-order valence-corrected chi connectivity index (χ4v) is 8.17. The van der Waals surface area contributed by atoms with E-state index >= 15 is 0 Å². The minimum Gasteiger partial charge on any atom is -0.0984 e. The number of rotatable bonds is 2. The lowest BCUT2D eigenvalue weighted by Crippen LogP contribution is -1.82. The van der Waals surface area contributed by atoms with Gasteiger partial charge in [0.05, 0.1) is 0 Å². The molecule has 330 valence electrons. The fraction of sp³-hybridized carbons (Fsp3) is 0.690. The maximum absolute atomic E-state index is 3.69. The Kier molecular flexibility index (Phi) is 43.8. The van der Waals surface area contributed by atoms with Gasteiger partial charge in [-0.25, -0.2) is 0 Å². The highest BCUT2D eigenvalue weighted by atomic mass is 14.0. The molecular formula is C58H98. The van der Waals surface area contributed by atoms with Crippen molar-refractivity contribution in [3.63, 3.8) is 0 Å². The molecule has 0 amide bonds. The van der Waals surface area contributed by atoms with E-state index in [-0.39, 0.29) is 0 Å². The van der Waals surface area contributed by atoms with Crippen LogP contribution in [0.4, 0.5) is 0 Å². The summed E-state index contributed by atoms with van der Waals surface area (Å²) in [5, 5.41) is 0. The summed E-state index contributed by atoms with van der Waals surface area (Å²) in [5.74, 6) is 0. The highest BCUT2D eigenvalue weighted by Gasteiger charge is 1.96. The Morgan fingerprint density at radius 3 is 0.500 bits per heavy atom. The molecule has 5 rings (SSSR count). The summed E-state index contributed by atoms with van der Waals surface area (Å²) in [6.45, 7) is 7.38. The maximum atomic E-state index is 3.69. The van der Waals surface area contributed by atoms with Gasteiger partial charge in [-0.3, -0.25) is 0 Å². The normalized spacial score (nSPS) is 22.5. The maximum Gasteiger partial charge on any atom is -0.0190 e. The quantitative estimate of drug-likeness (QED) is 0.262. The second kappa shape index (κ2) is 47.3. The Bertz CT molecular complexity index is 894. The minimum absolute atomic E-state index is 1.14. The van der Waals surface area contributed by atoms with E-state index in [4.69, 9.17) is 0 Å². The molecule has 0 fully saturated rings. The third-order valence-electron chi connectivity index (χ3n) is 12.1. The Morgan fingerprint density at radius 1 is 0.224 bits per heavy atom. The number of benzene rings is 1. The van der Waals surface area contributed by atoms with Crippen LogP contribution >= 0.6 is 0 Å². The van der Waals surface area contributed by atoms with E-state index in [1.165, 1.54) is 257 Å². The average Bonchev–Trinajstić information content (AvgIpc) is 3.23. The number of hydrogen-bond donors (Lipinski definition) is 0. The molecule has 0 aromatic heterocycles. The Balaban J connectivity index is 0.000000363. The van der Waals surface area contributed by atoms with Crippen molar-refractivity contribution >= 4 is 12.2 Å². The lowest BCUT2D eigenvalue weighted by atomic mass is 10.0. The molecule has 0 heteroatoms. The first kappa shape index (κ1) is 53.7. The predicted octanol–water partition coefficient (Wildman–Crippen LogP) is 20.8. The van der Waals surface area contributed by atoms with E-state index in [0.29, 0.717) is 0 Å². The first-order valence-electron chi connectivity index (χ1n) is 25.8. The van der Waals surface area contributed by atoms with Crippen LogP contribution in [0.15, 0.2) is 86.0 Å². The molecule has 0 spiro atoms. The molecule has 0 atom stereocenters. The van der Waals surface area contributed by atoms with Gasteiger partial charge in [0, 0.05) is 0 Å². The Labute approximate surface area is 364 Å². The number of allylic oxidation sites excluding steroid dienone is 8. The molecule has 1 aromatic carbocycles. The van der Waals surface area contributed by atoms with Gasteiger partial charge in [0.25, 0.3) is 0 Å². The monoisotopic (exact) mass is 795 g/mol. The molecule has 0 bridgehead atoms. The second-order valence-electron chi connectivity index (χ2n) is 17.5. The molecule has 4 aliphatic carbocycles. The summed E-state index contributed by atoms with van der Waals surface area (Å²) in [4.78, 5) is 0. The largest absolute Gasteiger partial charge is 0.0984 e. The van der Waals surface area contributed by atoms with Crippen LogP contribution in [-0.2, 0) is 0 Å². The standard InChI is InChI=1S/4C12H22.C10H10/c4*1-2-4-6-8-10-12-11-9-7-5-3-1;1-3-9-7-5-6-8-10(9)4-2/h4*1-2H,3-12H2;3-8H,1-2H2/b4*2-1+;. The Morgan fingerprint density at radius 2 is 0.362 bits per heavy atom. The average molecular weight is 795 g/mol. The summed E-state index contributed by atoms with van der Waals surface area (Å²) < 4.78 is 0. The minimum atomic E-state index is 1.14. The van der Waals surface area contributed by atoms with Crippen LogP contribution in [0.2, 0.25) is 0 Å². The van der Waals surface area contributed by atoms with Gasteiger partial charge in [0.2, 0.25) is 0 Å². The predicted molar refractivity (Wildman–Crippen MR) is 268 cm³/mol. The van der Waals surface area contributed by atoms with E-state index in [9.17, 15) is 0 Å². The zero-order valence-electron chi connectivity index (χ0n) is 38.8. The molecule has 0 saturated heterocycles. The van der Waals surface area contributed by atoms with Crippen molar-refractivity contribution in [3.8, 4) is 0 Å². The number of hydrogen-bond acceptors (Lipinski definition) is 0. The van der Waals surface area contributed by atoms with Gasteiger partial charge in [-0.15, -0.1) is 0 Å². The second-order valence-corrected chi connectivity index (χ2v) is 17.5. The van der Waals surface area contributed by atoms with E-state index in [1.54, 1.807) is 0 Å². The molecule has 58 heavy (non-hydrogen) atoms. The first-order chi connectivity index (χ1) is 28.9. The summed E-state index contributed by atoms with van der Waals surface area (Å²) in [7, 11) is 0. The van der Waals surface area contributed by atoms with Crippen LogP contribution < -0.4 is 0 Å². The van der Waals surface area contributed by atoms with Crippen LogP contribution in [0.1, 0.15) is 268 Å². The lowest BCUT2D eigenvalue weighted by Gasteiger charge is -2.02. The van der Waals surface area contributed by atoms with E-state index < -0.39 is 0 Å². The van der Waals surface area contributed by atoms with Gasteiger partial charge >= 0.3 is 0 Å². The Hall–Kier alpha value is -2.34. The zero-order valence-corrected chi connectivity index (χ0v) is 38.8. The molecule has 0 heterocycles. The van der Waals surface area contributed by atoms with Crippen LogP contribution in [0, 0.1) is 0 Å². The van der Waals surface area contributed by atoms with E-state index in [1.807, 2.05) is 36.4 Å². The third kappa shape index (κ3) is 40.4. The highest BCUT2D eigenvalue weighted by molar-refractivity contribution is 5.63. The van der Waals surface area contributed by atoms with E-state index in [2.05, 4.69) is 61.8 Å². The molecular weight excluding hydrogens is 697 g/mol. The van der Waals surface area contributed by atoms with Crippen molar-refractivity contribution in [1.29, 1.82) is 0 Å². The summed E-state index contributed by atoms with van der Waals surface area (Å²) >= 11 is 0. The smallest absolute Gasteiger partial charge is 0.0190 e. The molecule has 0 N–H and O–H groups in total. The van der Waals surface area contributed by atoms with Crippen LogP contribution in [0.5, 0.6) is 0 Å². The fourth-order valence-electron chi connectivity index (χ4n) is 8.17. The molecule has 0 nitrogen and oxygen atoms in total. The SMILES string of the molecule is C1=C/CCCCCCCCCC/1.C1=C/CCCCCCCCCC/1.C1=C/CCCCCCCCCC/1.C1=C/CCCCCCCCCC/1.C=Cc1ccccc1C=C. The first-order valence-corrected chi connectivity index (χ1v) is 25.8. The zero-order chi connectivity index (χ0) is 41.3. The molecule has 4 aliphatic rings.